The molecule has 4 saturated heterocycles. The van der Waals surface area contributed by atoms with E-state index in [9.17, 15) is 19.2 Å². The molecule has 2 atom stereocenters. The summed E-state index contributed by atoms with van der Waals surface area (Å²) in [5.74, 6) is 1.02. The van der Waals surface area contributed by atoms with E-state index in [-0.39, 0.29) is 30.3 Å². The molecule has 63 heavy (non-hydrogen) atoms. The van der Waals surface area contributed by atoms with Crippen molar-refractivity contribution < 1.29 is 23.9 Å². The second-order valence-corrected chi connectivity index (χ2v) is 17.1. The number of nitrogens with two attached hydrogens (primary N) is 1. The van der Waals surface area contributed by atoms with Crippen molar-refractivity contribution in [3.63, 3.8) is 0 Å². The standard InChI is InChI=1S/C46H52N12O5/c47-42-40-41(31-8-11-36(12-9-31)63-35-6-2-1-3-7-35)51-58(43(40)49-30-48-42)34-5-4-16-56(29-34)46(62)55-25-21-53(22-26-55)18-17-52-19-23-54(24-20-52)33-10-13-37-32(27-33)28-57(45(37)61)38-14-15-39(59)50-44(38)60/h1-3,6-13,27,30,34,38H,4-5,14-26,28-29H2,(H2,47,48,49)(H,50,59,60)/t34-,38?/m1/s1. The molecule has 17 heteroatoms. The lowest BCUT2D eigenvalue weighted by Gasteiger charge is -2.41. The van der Waals surface area contributed by atoms with Gasteiger partial charge in [-0.15, -0.1) is 0 Å². The van der Waals surface area contributed by atoms with E-state index in [1.54, 1.807) is 4.90 Å². The minimum Gasteiger partial charge on any atom is -0.457 e. The third kappa shape index (κ3) is 8.25. The number of fused-ring (bicyclic) bond motifs is 2. The monoisotopic (exact) mass is 852 g/mol. The van der Waals surface area contributed by atoms with Gasteiger partial charge >= 0.3 is 6.03 Å². The van der Waals surface area contributed by atoms with Crippen molar-refractivity contribution in [2.45, 2.75) is 44.3 Å². The maximum absolute atomic E-state index is 14.0. The van der Waals surface area contributed by atoms with Gasteiger partial charge in [0.05, 0.1) is 11.4 Å². The van der Waals surface area contributed by atoms with Crippen molar-refractivity contribution in [1.29, 1.82) is 0 Å². The van der Waals surface area contributed by atoms with Crippen molar-refractivity contribution in [1.82, 2.24) is 49.6 Å². The van der Waals surface area contributed by atoms with Gasteiger partial charge in [0.15, 0.2) is 5.65 Å². The van der Waals surface area contributed by atoms with Crippen LogP contribution in [0.4, 0.5) is 16.3 Å². The molecular weight excluding hydrogens is 801 g/mol. The van der Waals surface area contributed by atoms with Crippen molar-refractivity contribution in [2.75, 3.05) is 89.2 Å². The third-order valence-corrected chi connectivity index (χ3v) is 13.3. The Hall–Kier alpha value is -6.59. The lowest BCUT2D eigenvalue weighted by molar-refractivity contribution is -0.136. The number of piperidine rings is 2. The number of carbonyl (C=O) groups is 4. The number of ether oxygens (including phenoxy) is 1. The SMILES string of the molecule is Nc1ncnc2c1c(-c1ccc(Oc3ccccc3)cc1)nn2[C@@H]1CCCN(C(=O)N2CCN(CCN3CCN(c4ccc5c(c4)CN(C4CCC(=O)NC4=O)C5=O)CC3)CC2)C1. The lowest BCUT2D eigenvalue weighted by Crippen LogP contribution is -2.55. The number of rotatable bonds is 9. The van der Waals surface area contributed by atoms with Gasteiger partial charge in [-0.05, 0) is 79.4 Å². The summed E-state index contributed by atoms with van der Waals surface area (Å²) in [6.45, 7) is 10.3. The van der Waals surface area contributed by atoms with Crippen LogP contribution in [0.15, 0.2) is 79.1 Å². The number of amides is 5. The van der Waals surface area contributed by atoms with E-state index in [2.05, 4.69) is 36.1 Å². The summed E-state index contributed by atoms with van der Waals surface area (Å²) in [6.07, 6.45) is 3.81. The van der Waals surface area contributed by atoms with Crippen LogP contribution < -0.4 is 20.7 Å². The molecular formula is C46H52N12O5. The van der Waals surface area contributed by atoms with Gasteiger partial charge in [-0.3, -0.25) is 29.5 Å². The number of hydrogen-bond donors (Lipinski definition) is 2. The van der Waals surface area contributed by atoms with Crippen LogP contribution >= 0.6 is 0 Å². The fourth-order valence-electron chi connectivity index (χ4n) is 9.72. The van der Waals surface area contributed by atoms with E-state index in [1.165, 1.54) is 6.33 Å². The highest BCUT2D eigenvalue weighted by Gasteiger charge is 2.39. The topological polar surface area (TPSA) is 179 Å². The summed E-state index contributed by atoms with van der Waals surface area (Å²) in [6, 6.07) is 22.8. The first-order chi connectivity index (χ1) is 30.8. The minimum atomic E-state index is -0.611. The predicted octanol–water partition coefficient (Wildman–Crippen LogP) is 3.83. The number of nitrogens with zero attached hydrogens (tertiary/aromatic N) is 10. The maximum Gasteiger partial charge on any atom is 0.320 e. The molecule has 2 aromatic heterocycles. The van der Waals surface area contributed by atoms with Crippen LogP contribution in [-0.4, -0.2) is 153 Å². The predicted molar refractivity (Wildman–Crippen MR) is 236 cm³/mol. The first-order valence-electron chi connectivity index (χ1n) is 22.1. The number of nitrogens with one attached hydrogen (secondary N) is 1. The summed E-state index contributed by atoms with van der Waals surface area (Å²) < 4.78 is 7.96. The molecule has 3 N–H and O–H groups in total. The van der Waals surface area contributed by atoms with Gasteiger partial charge in [-0.2, -0.15) is 5.10 Å². The normalized spacial score (nSPS) is 21.2. The van der Waals surface area contributed by atoms with Gasteiger partial charge in [0.25, 0.3) is 5.91 Å². The summed E-state index contributed by atoms with van der Waals surface area (Å²) >= 11 is 0. The molecule has 1 unspecified atom stereocenters. The van der Waals surface area contributed by atoms with E-state index in [4.69, 9.17) is 15.6 Å². The van der Waals surface area contributed by atoms with Crippen molar-refractivity contribution in [3.05, 3.63) is 90.3 Å². The smallest absolute Gasteiger partial charge is 0.320 e. The summed E-state index contributed by atoms with van der Waals surface area (Å²) in [7, 11) is 0. The van der Waals surface area contributed by atoms with Gasteiger partial charge in [0, 0.05) is 108 Å². The van der Waals surface area contributed by atoms with Crippen LogP contribution in [0.3, 0.4) is 0 Å². The third-order valence-electron chi connectivity index (χ3n) is 13.3. The number of urea groups is 1. The zero-order valence-corrected chi connectivity index (χ0v) is 35.3. The highest BCUT2D eigenvalue weighted by molar-refractivity contribution is 6.05. The molecule has 0 radical (unpaired) electrons. The van der Waals surface area contributed by atoms with Crippen molar-refractivity contribution in [3.8, 4) is 22.8 Å². The average molecular weight is 853 g/mol. The molecule has 5 aromatic rings. The Labute approximate surface area is 365 Å². The fourth-order valence-corrected chi connectivity index (χ4v) is 9.72. The molecule has 17 nitrogen and oxygen atoms in total. The second-order valence-electron chi connectivity index (χ2n) is 17.1. The lowest BCUT2D eigenvalue weighted by atomic mass is 10.0. The molecule has 0 spiro atoms. The van der Waals surface area contributed by atoms with E-state index in [0.717, 1.165) is 87.8 Å². The first-order valence-corrected chi connectivity index (χ1v) is 22.1. The molecule has 3 aromatic carbocycles. The second kappa shape index (κ2) is 17.3. The van der Waals surface area contributed by atoms with Gasteiger partial charge in [0.1, 0.15) is 35.4 Å². The molecule has 7 heterocycles. The van der Waals surface area contributed by atoms with Crippen LogP contribution in [0.5, 0.6) is 11.5 Å². The molecule has 0 aliphatic carbocycles. The summed E-state index contributed by atoms with van der Waals surface area (Å²) in [4.78, 5) is 73.1. The molecule has 0 saturated carbocycles. The number of piperazine rings is 2. The maximum atomic E-state index is 14.0. The van der Waals surface area contributed by atoms with Gasteiger partial charge in [-0.1, -0.05) is 18.2 Å². The number of hydrogen-bond acceptors (Lipinski definition) is 12. The number of aromatic nitrogens is 4. The zero-order valence-electron chi connectivity index (χ0n) is 35.3. The number of para-hydroxylation sites is 1. The Kier molecular flexibility index (Phi) is 11.1. The number of carbonyl (C=O) groups excluding carboxylic acids is 4. The number of likely N-dealkylation sites (tertiary alicyclic amines) is 1. The van der Waals surface area contributed by atoms with E-state index >= 15 is 0 Å². The van der Waals surface area contributed by atoms with E-state index < -0.39 is 11.9 Å². The Balaban J connectivity index is 0.700. The fraction of sp³-hybridized carbons (Fsp3) is 0.413. The first kappa shape index (κ1) is 40.5. The molecule has 326 valence electrons. The Morgan fingerprint density at radius 1 is 0.794 bits per heavy atom. The molecule has 0 bridgehead atoms. The van der Waals surface area contributed by atoms with Crippen LogP contribution in [-0.2, 0) is 16.1 Å². The largest absolute Gasteiger partial charge is 0.457 e. The van der Waals surface area contributed by atoms with Crippen molar-refractivity contribution >= 4 is 46.3 Å². The Bertz CT molecular complexity index is 2520. The number of imide groups is 1. The van der Waals surface area contributed by atoms with Gasteiger partial charge in [-0.25, -0.2) is 19.4 Å². The molecule has 5 aliphatic rings. The van der Waals surface area contributed by atoms with E-state index in [1.807, 2.05) is 81.2 Å². The summed E-state index contributed by atoms with van der Waals surface area (Å²) in [5, 5.41) is 8.16. The molecule has 4 fully saturated rings. The van der Waals surface area contributed by atoms with Crippen molar-refractivity contribution in [2.24, 2.45) is 0 Å². The van der Waals surface area contributed by atoms with E-state index in [0.29, 0.717) is 73.0 Å². The van der Waals surface area contributed by atoms with Crippen LogP contribution in [0.1, 0.15) is 47.6 Å². The quantitative estimate of drug-likeness (QED) is 0.205. The zero-order chi connectivity index (χ0) is 43.0. The number of benzene rings is 3. The number of anilines is 2. The van der Waals surface area contributed by atoms with Crippen LogP contribution in [0, 0.1) is 0 Å². The Morgan fingerprint density at radius 2 is 1.52 bits per heavy atom. The average Bonchev–Trinajstić information content (AvgIpc) is 3.87. The van der Waals surface area contributed by atoms with Crippen LogP contribution in [0.25, 0.3) is 22.3 Å². The highest BCUT2D eigenvalue weighted by atomic mass is 16.5. The van der Waals surface area contributed by atoms with Gasteiger partial charge in [0.2, 0.25) is 11.8 Å². The molecule has 10 rings (SSSR count). The minimum absolute atomic E-state index is 0.0575. The number of nitrogen functional groups attached to an aromatic ring is 1. The highest BCUT2D eigenvalue weighted by Crippen LogP contribution is 2.36. The Morgan fingerprint density at radius 3 is 2.27 bits per heavy atom. The molecule has 5 aliphatic heterocycles. The van der Waals surface area contributed by atoms with Crippen LogP contribution in [0.2, 0.25) is 0 Å². The van der Waals surface area contributed by atoms with Gasteiger partial charge < -0.3 is 30.1 Å². The summed E-state index contributed by atoms with van der Waals surface area (Å²) in [5.41, 5.74) is 11.4. The molecule has 5 amide bonds.